The molecular weight excluding hydrogens is 442 g/mol. The van der Waals surface area contributed by atoms with E-state index < -0.39 is 35.5 Å². The Balaban J connectivity index is 1.59. The Morgan fingerprint density at radius 3 is 2.43 bits per heavy atom. The van der Waals surface area contributed by atoms with Crippen LogP contribution in [0.1, 0.15) is 45.1 Å². The molecular formula is C29H25NO5. The Bertz CT molecular complexity index is 1330. The molecule has 3 aromatic carbocycles. The van der Waals surface area contributed by atoms with E-state index in [1.165, 1.54) is 6.08 Å². The maximum atomic E-state index is 13.3. The van der Waals surface area contributed by atoms with Crippen LogP contribution in [0.5, 0.6) is 0 Å². The van der Waals surface area contributed by atoms with Gasteiger partial charge in [-0.05, 0) is 43.2 Å². The molecule has 1 N–H and O–H groups in total. The molecule has 0 spiro atoms. The third-order valence-corrected chi connectivity index (χ3v) is 5.98. The number of esters is 1. The van der Waals surface area contributed by atoms with Crippen LogP contribution in [0.15, 0.2) is 78.9 Å². The summed E-state index contributed by atoms with van der Waals surface area (Å²) in [4.78, 5) is 51.6. The molecule has 1 heterocycles. The Morgan fingerprint density at radius 2 is 1.69 bits per heavy atom. The number of carbonyl (C=O) groups excluding carboxylic acids is 4. The van der Waals surface area contributed by atoms with Gasteiger partial charge in [0.15, 0.2) is 5.78 Å². The highest BCUT2D eigenvalue weighted by Gasteiger charge is 2.38. The molecule has 0 fully saturated rings. The van der Waals surface area contributed by atoms with Crippen LogP contribution in [-0.2, 0) is 19.1 Å². The molecule has 0 saturated heterocycles. The number of rotatable bonds is 8. The second-order valence-corrected chi connectivity index (χ2v) is 8.55. The van der Waals surface area contributed by atoms with E-state index in [4.69, 9.17) is 4.74 Å². The van der Waals surface area contributed by atoms with Gasteiger partial charge in [0.05, 0.1) is 11.5 Å². The molecule has 2 atom stereocenters. The standard InChI is InChI=1S/C29H25NO5/c1-18-12-14-24(19(2)16-18)30-28(33)27(32)23(25(31)15-13-20-8-4-3-5-9-20)17-26-21-10-6-7-11-22(21)29(34)35-26/h3-16,23,26H,17H2,1-2H3,(H,30,33)/b15-13+/t23?,26-/m0/s1. The lowest BCUT2D eigenvalue weighted by Crippen LogP contribution is -2.35. The second kappa shape index (κ2) is 10.3. The van der Waals surface area contributed by atoms with Crippen molar-refractivity contribution >= 4 is 35.2 Å². The normalized spacial score (nSPS) is 15.4. The van der Waals surface area contributed by atoms with Crippen LogP contribution in [0.4, 0.5) is 5.69 Å². The lowest BCUT2D eigenvalue weighted by molar-refractivity contribution is -0.141. The predicted molar refractivity (Wildman–Crippen MR) is 133 cm³/mol. The summed E-state index contributed by atoms with van der Waals surface area (Å²) in [6, 6.07) is 21.4. The van der Waals surface area contributed by atoms with Gasteiger partial charge in [0.1, 0.15) is 6.10 Å². The number of hydrogen-bond acceptors (Lipinski definition) is 5. The fourth-order valence-corrected chi connectivity index (χ4v) is 4.12. The molecule has 0 aliphatic carbocycles. The summed E-state index contributed by atoms with van der Waals surface area (Å²) in [5, 5.41) is 2.63. The Labute approximate surface area is 203 Å². The van der Waals surface area contributed by atoms with Crippen molar-refractivity contribution in [2.75, 3.05) is 5.32 Å². The summed E-state index contributed by atoms with van der Waals surface area (Å²) < 4.78 is 5.46. The largest absolute Gasteiger partial charge is 0.454 e. The van der Waals surface area contributed by atoms with Crippen molar-refractivity contribution in [3.8, 4) is 0 Å². The number of allylic oxidation sites excluding steroid dienone is 1. The first kappa shape index (κ1) is 23.8. The average Bonchev–Trinajstić information content (AvgIpc) is 3.18. The Hall–Kier alpha value is -4.32. The number of hydrogen-bond donors (Lipinski definition) is 1. The zero-order chi connectivity index (χ0) is 24.9. The van der Waals surface area contributed by atoms with Crippen molar-refractivity contribution < 1.29 is 23.9 Å². The molecule has 0 radical (unpaired) electrons. The molecule has 3 aromatic rings. The van der Waals surface area contributed by atoms with E-state index in [0.717, 1.165) is 16.7 Å². The molecule has 6 heteroatoms. The van der Waals surface area contributed by atoms with Crippen LogP contribution in [0, 0.1) is 19.8 Å². The van der Waals surface area contributed by atoms with Gasteiger partial charge in [0.2, 0.25) is 5.78 Å². The van der Waals surface area contributed by atoms with Gasteiger partial charge in [0.25, 0.3) is 5.91 Å². The van der Waals surface area contributed by atoms with E-state index in [1.54, 1.807) is 36.4 Å². The third kappa shape index (κ3) is 5.44. The number of amides is 1. The summed E-state index contributed by atoms with van der Waals surface area (Å²) >= 11 is 0. The van der Waals surface area contributed by atoms with E-state index in [1.807, 2.05) is 56.3 Å². The fourth-order valence-electron chi connectivity index (χ4n) is 4.12. The summed E-state index contributed by atoms with van der Waals surface area (Å²) in [6.07, 6.45) is 1.97. The van der Waals surface area contributed by atoms with Crippen LogP contribution in [-0.4, -0.2) is 23.4 Å². The first-order valence-electron chi connectivity index (χ1n) is 11.3. The minimum Gasteiger partial charge on any atom is -0.454 e. The van der Waals surface area contributed by atoms with Gasteiger partial charge in [-0.1, -0.05) is 72.3 Å². The van der Waals surface area contributed by atoms with Crippen molar-refractivity contribution in [2.45, 2.75) is 26.4 Å². The molecule has 0 saturated carbocycles. The second-order valence-electron chi connectivity index (χ2n) is 8.55. The zero-order valence-corrected chi connectivity index (χ0v) is 19.5. The third-order valence-electron chi connectivity index (χ3n) is 5.98. The van der Waals surface area contributed by atoms with Crippen LogP contribution < -0.4 is 5.32 Å². The average molecular weight is 468 g/mol. The minimum absolute atomic E-state index is 0.125. The number of benzene rings is 3. The van der Waals surface area contributed by atoms with Crippen molar-refractivity contribution in [3.63, 3.8) is 0 Å². The van der Waals surface area contributed by atoms with Gasteiger partial charge in [0, 0.05) is 17.7 Å². The number of fused-ring (bicyclic) bond motifs is 1. The van der Waals surface area contributed by atoms with Crippen molar-refractivity contribution in [2.24, 2.45) is 5.92 Å². The predicted octanol–water partition coefficient (Wildman–Crippen LogP) is 5.01. The number of nitrogens with one attached hydrogen (secondary N) is 1. The fraction of sp³-hybridized carbons (Fsp3) is 0.172. The van der Waals surface area contributed by atoms with Gasteiger partial charge < -0.3 is 10.1 Å². The van der Waals surface area contributed by atoms with Gasteiger partial charge in [-0.25, -0.2) is 4.79 Å². The van der Waals surface area contributed by atoms with E-state index >= 15 is 0 Å². The topological polar surface area (TPSA) is 89.5 Å². The molecule has 1 aliphatic heterocycles. The molecule has 0 aromatic heterocycles. The number of Topliss-reactive ketones (excluding diaryl/α,β-unsaturated/α-hetero) is 1. The molecule has 1 amide bonds. The summed E-state index contributed by atoms with van der Waals surface area (Å²) in [5.41, 5.74) is 4.10. The highest BCUT2D eigenvalue weighted by molar-refractivity contribution is 6.45. The number of aryl methyl sites for hydroxylation is 2. The van der Waals surface area contributed by atoms with E-state index in [0.29, 0.717) is 16.8 Å². The van der Waals surface area contributed by atoms with E-state index in [-0.39, 0.29) is 6.42 Å². The maximum absolute atomic E-state index is 13.3. The Kier molecular flexibility index (Phi) is 7.01. The van der Waals surface area contributed by atoms with Gasteiger partial charge >= 0.3 is 5.97 Å². The molecule has 6 nitrogen and oxygen atoms in total. The lowest BCUT2D eigenvalue weighted by atomic mass is 9.88. The molecule has 1 aliphatic rings. The van der Waals surface area contributed by atoms with Crippen LogP contribution in [0.2, 0.25) is 0 Å². The maximum Gasteiger partial charge on any atom is 0.339 e. The summed E-state index contributed by atoms with van der Waals surface area (Å²) in [6.45, 7) is 3.76. The van der Waals surface area contributed by atoms with Crippen molar-refractivity contribution in [3.05, 3.63) is 107 Å². The van der Waals surface area contributed by atoms with Crippen LogP contribution in [0.25, 0.3) is 6.08 Å². The Morgan fingerprint density at radius 1 is 0.971 bits per heavy atom. The van der Waals surface area contributed by atoms with Gasteiger partial charge in [-0.2, -0.15) is 0 Å². The highest BCUT2D eigenvalue weighted by atomic mass is 16.5. The van der Waals surface area contributed by atoms with Crippen molar-refractivity contribution in [1.29, 1.82) is 0 Å². The molecule has 4 rings (SSSR count). The number of anilines is 1. The zero-order valence-electron chi connectivity index (χ0n) is 19.5. The number of carbonyl (C=O) groups is 4. The summed E-state index contributed by atoms with van der Waals surface area (Å²) in [5.74, 6) is -4.13. The molecule has 0 bridgehead atoms. The number of ether oxygens (including phenoxy) is 1. The van der Waals surface area contributed by atoms with Gasteiger partial charge in [-0.3, -0.25) is 14.4 Å². The molecule has 176 valence electrons. The smallest absolute Gasteiger partial charge is 0.339 e. The first-order valence-corrected chi connectivity index (χ1v) is 11.3. The first-order chi connectivity index (χ1) is 16.8. The van der Waals surface area contributed by atoms with Gasteiger partial charge in [-0.15, -0.1) is 0 Å². The highest BCUT2D eigenvalue weighted by Crippen LogP contribution is 2.35. The lowest BCUT2D eigenvalue weighted by Gasteiger charge is -2.18. The number of ketones is 2. The number of cyclic esters (lactones) is 1. The van der Waals surface area contributed by atoms with E-state index in [9.17, 15) is 19.2 Å². The minimum atomic E-state index is -1.32. The van der Waals surface area contributed by atoms with Crippen molar-refractivity contribution in [1.82, 2.24) is 0 Å². The van der Waals surface area contributed by atoms with Crippen LogP contribution in [0.3, 0.4) is 0 Å². The SMILES string of the molecule is Cc1ccc(NC(=O)C(=O)C(C[C@@H]2OC(=O)c3ccccc32)C(=O)/C=C/c2ccccc2)c(C)c1. The van der Waals surface area contributed by atoms with Crippen LogP contribution >= 0.6 is 0 Å². The summed E-state index contributed by atoms with van der Waals surface area (Å²) in [7, 11) is 0. The molecule has 1 unspecified atom stereocenters. The monoisotopic (exact) mass is 467 g/mol. The quantitative estimate of drug-likeness (QED) is 0.218. The molecule has 35 heavy (non-hydrogen) atoms. The van der Waals surface area contributed by atoms with E-state index in [2.05, 4.69) is 5.32 Å².